The minimum Gasteiger partial charge on any atom is -0.288 e. The number of hydrogen-bond donors (Lipinski definition) is 0. The summed E-state index contributed by atoms with van der Waals surface area (Å²) < 4.78 is 0. The van der Waals surface area contributed by atoms with E-state index in [1.54, 1.807) is 0 Å². The van der Waals surface area contributed by atoms with E-state index in [0.717, 1.165) is 0 Å². The molecule has 0 aliphatic carbocycles. The second-order valence-electron chi connectivity index (χ2n) is 4.02. The van der Waals surface area contributed by atoms with E-state index in [0.29, 0.717) is 0 Å². The van der Waals surface area contributed by atoms with Gasteiger partial charge in [0.25, 0.3) is 0 Å². The van der Waals surface area contributed by atoms with Crippen molar-refractivity contribution >= 4 is 0 Å². The van der Waals surface area contributed by atoms with E-state index in [-0.39, 0.29) is 5.54 Å². The molecule has 1 aliphatic heterocycles. The average Bonchev–Trinajstić information content (AvgIpc) is 2.56. The summed E-state index contributed by atoms with van der Waals surface area (Å²) in [5.74, 6) is 6.37. The van der Waals surface area contributed by atoms with Crippen LogP contribution >= 0.6 is 0 Å². The summed E-state index contributed by atoms with van der Waals surface area (Å²) in [5, 5.41) is 0. The summed E-state index contributed by atoms with van der Waals surface area (Å²) in [7, 11) is 0. The molecule has 0 aromatic rings. The minimum absolute atomic E-state index is 0.0516. The molecule has 0 bridgehead atoms. The number of likely N-dealkylation sites (tertiary alicyclic amines) is 1. The van der Waals surface area contributed by atoms with Crippen molar-refractivity contribution in [1.82, 2.24) is 4.90 Å². The molecule has 0 unspecified atom stereocenters. The molecule has 0 atom stereocenters. The molecule has 1 fully saturated rings. The lowest BCUT2D eigenvalue weighted by atomic mass is 10.0. The molecule has 0 aromatic carbocycles. The Hall–Kier alpha value is -0.740. The van der Waals surface area contributed by atoms with Crippen molar-refractivity contribution in [3.05, 3.63) is 12.2 Å². The summed E-state index contributed by atoms with van der Waals surface area (Å²) in [6, 6.07) is 0. The topological polar surface area (TPSA) is 3.24 Å². The molecule has 1 heterocycles. The lowest BCUT2D eigenvalue weighted by Gasteiger charge is -2.30. The van der Waals surface area contributed by atoms with Crippen LogP contribution in [0.1, 0.15) is 33.6 Å². The van der Waals surface area contributed by atoms with Crippen molar-refractivity contribution in [3.63, 3.8) is 0 Å². The van der Waals surface area contributed by atoms with Crippen LogP contribution in [-0.4, -0.2) is 23.5 Å². The smallest absolute Gasteiger partial charge is 0.0772 e. The molecule has 0 N–H and O–H groups in total. The Labute approximate surface area is 81.8 Å². The van der Waals surface area contributed by atoms with E-state index in [9.17, 15) is 0 Å². The quantitative estimate of drug-likeness (QED) is 0.556. The van der Waals surface area contributed by atoms with Crippen LogP contribution in [0.25, 0.3) is 0 Å². The third-order valence-electron chi connectivity index (χ3n) is 2.52. The third-order valence-corrected chi connectivity index (χ3v) is 2.52. The fraction of sp³-hybridized carbons (Fsp3) is 0.667. The highest BCUT2D eigenvalue weighted by Crippen LogP contribution is 2.19. The van der Waals surface area contributed by atoms with E-state index in [2.05, 4.69) is 30.6 Å². The Morgan fingerprint density at radius 2 is 1.85 bits per heavy atom. The van der Waals surface area contributed by atoms with E-state index >= 15 is 0 Å². The van der Waals surface area contributed by atoms with Gasteiger partial charge in [0.2, 0.25) is 0 Å². The molecule has 1 aliphatic rings. The molecule has 0 spiro atoms. The van der Waals surface area contributed by atoms with Crippen molar-refractivity contribution in [2.24, 2.45) is 0 Å². The second kappa shape index (κ2) is 4.48. The maximum Gasteiger partial charge on any atom is 0.0772 e. The molecule has 1 saturated heterocycles. The average molecular weight is 177 g/mol. The second-order valence-corrected chi connectivity index (χ2v) is 4.02. The highest BCUT2D eigenvalue weighted by Gasteiger charge is 2.26. The maximum absolute atomic E-state index is 3.29. The van der Waals surface area contributed by atoms with Gasteiger partial charge in [-0.1, -0.05) is 17.9 Å². The predicted molar refractivity (Wildman–Crippen MR) is 57.5 cm³/mol. The molecule has 72 valence electrons. The standard InChI is InChI=1S/C12H19N/c1-4-5-6-9-12(2,3)13-10-7-8-11-13/h4-5H,7-8,10-11H2,1-3H3/b5-4-. The van der Waals surface area contributed by atoms with Crippen molar-refractivity contribution in [1.29, 1.82) is 0 Å². The number of allylic oxidation sites excluding steroid dienone is 2. The van der Waals surface area contributed by atoms with Crippen LogP contribution in [0.4, 0.5) is 0 Å². The Balaban J connectivity index is 2.59. The van der Waals surface area contributed by atoms with Crippen LogP contribution in [0.15, 0.2) is 12.2 Å². The van der Waals surface area contributed by atoms with Crippen molar-refractivity contribution in [2.75, 3.05) is 13.1 Å². The van der Waals surface area contributed by atoms with E-state index in [1.165, 1.54) is 25.9 Å². The summed E-state index contributed by atoms with van der Waals surface area (Å²) in [6.07, 6.45) is 6.55. The van der Waals surface area contributed by atoms with Gasteiger partial charge in [0.05, 0.1) is 5.54 Å². The Kier molecular flexibility index (Phi) is 3.57. The van der Waals surface area contributed by atoms with Gasteiger partial charge in [0.15, 0.2) is 0 Å². The highest BCUT2D eigenvalue weighted by atomic mass is 15.2. The molecule has 0 radical (unpaired) electrons. The lowest BCUT2D eigenvalue weighted by molar-refractivity contribution is 0.214. The first kappa shape index (κ1) is 10.3. The zero-order valence-corrected chi connectivity index (χ0v) is 8.93. The first-order chi connectivity index (χ1) is 6.17. The molecule has 0 aromatic heterocycles. The minimum atomic E-state index is 0.0516. The monoisotopic (exact) mass is 177 g/mol. The molecular formula is C12H19N. The normalized spacial score (nSPS) is 19.0. The largest absolute Gasteiger partial charge is 0.288 e. The zero-order valence-electron chi connectivity index (χ0n) is 8.93. The number of rotatable bonds is 1. The Morgan fingerprint density at radius 3 is 2.38 bits per heavy atom. The van der Waals surface area contributed by atoms with Gasteiger partial charge >= 0.3 is 0 Å². The van der Waals surface area contributed by atoms with Gasteiger partial charge in [-0.05, 0) is 52.8 Å². The maximum atomic E-state index is 3.29. The van der Waals surface area contributed by atoms with Crippen LogP contribution in [0.3, 0.4) is 0 Å². The van der Waals surface area contributed by atoms with Crippen LogP contribution < -0.4 is 0 Å². The van der Waals surface area contributed by atoms with Gasteiger partial charge in [-0.15, -0.1) is 0 Å². The molecule has 1 heteroatoms. The van der Waals surface area contributed by atoms with Crippen molar-refractivity contribution in [2.45, 2.75) is 39.2 Å². The fourth-order valence-corrected chi connectivity index (χ4v) is 1.66. The highest BCUT2D eigenvalue weighted by molar-refractivity contribution is 5.22. The molecular weight excluding hydrogens is 158 g/mol. The van der Waals surface area contributed by atoms with Gasteiger partial charge in [-0.25, -0.2) is 0 Å². The van der Waals surface area contributed by atoms with Crippen molar-refractivity contribution in [3.8, 4) is 11.8 Å². The van der Waals surface area contributed by atoms with Gasteiger partial charge < -0.3 is 0 Å². The van der Waals surface area contributed by atoms with Crippen LogP contribution in [0, 0.1) is 11.8 Å². The van der Waals surface area contributed by atoms with Gasteiger partial charge in [0, 0.05) is 0 Å². The zero-order chi connectivity index (χ0) is 9.73. The molecule has 13 heavy (non-hydrogen) atoms. The first-order valence-electron chi connectivity index (χ1n) is 5.06. The van der Waals surface area contributed by atoms with Gasteiger partial charge in [-0.2, -0.15) is 0 Å². The molecule has 0 amide bonds. The summed E-state index contributed by atoms with van der Waals surface area (Å²) >= 11 is 0. The van der Waals surface area contributed by atoms with Crippen LogP contribution in [0.5, 0.6) is 0 Å². The van der Waals surface area contributed by atoms with E-state index < -0.39 is 0 Å². The lowest BCUT2D eigenvalue weighted by Crippen LogP contribution is -2.40. The molecule has 0 saturated carbocycles. The number of hydrogen-bond acceptors (Lipinski definition) is 1. The summed E-state index contributed by atoms with van der Waals surface area (Å²) in [6.45, 7) is 8.82. The Morgan fingerprint density at radius 1 is 1.23 bits per heavy atom. The first-order valence-corrected chi connectivity index (χ1v) is 5.06. The molecule has 1 nitrogen and oxygen atoms in total. The SMILES string of the molecule is C/C=C\C#CC(C)(C)N1CCCC1. The summed E-state index contributed by atoms with van der Waals surface area (Å²) in [4.78, 5) is 2.46. The number of nitrogens with zero attached hydrogens (tertiary/aromatic N) is 1. The fourth-order valence-electron chi connectivity index (χ4n) is 1.66. The molecule has 1 rings (SSSR count). The predicted octanol–water partition coefficient (Wildman–Crippen LogP) is 2.44. The van der Waals surface area contributed by atoms with Crippen molar-refractivity contribution < 1.29 is 0 Å². The van der Waals surface area contributed by atoms with Gasteiger partial charge in [0.1, 0.15) is 0 Å². The summed E-state index contributed by atoms with van der Waals surface area (Å²) in [5.41, 5.74) is 0.0516. The van der Waals surface area contributed by atoms with Gasteiger partial charge in [-0.3, -0.25) is 4.90 Å². The van der Waals surface area contributed by atoms with Crippen LogP contribution in [0.2, 0.25) is 0 Å². The third kappa shape index (κ3) is 2.90. The van der Waals surface area contributed by atoms with E-state index in [1.807, 2.05) is 19.1 Å². The van der Waals surface area contributed by atoms with Crippen LogP contribution in [-0.2, 0) is 0 Å². The Bertz CT molecular complexity index is 234. The van der Waals surface area contributed by atoms with E-state index in [4.69, 9.17) is 0 Å².